The molecule has 7 unspecified atom stereocenters. The van der Waals surface area contributed by atoms with Gasteiger partial charge >= 0.3 is 0 Å². The Hall–Kier alpha value is -2.89. The molecule has 0 aliphatic carbocycles. The van der Waals surface area contributed by atoms with E-state index in [2.05, 4.69) is 104 Å². The first-order chi connectivity index (χ1) is 35.3. The highest BCUT2D eigenvalue weighted by Gasteiger charge is 2.44. The Kier molecular flexibility index (Phi) is 48.1. The summed E-state index contributed by atoms with van der Waals surface area (Å²) in [5.41, 5.74) is 0. The number of ether oxygens (including phenoxy) is 2. The zero-order valence-electron chi connectivity index (χ0n) is 45.9. The molecule has 0 saturated carbocycles. The molecule has 72 heavy (non-hydrogen) atoms. The van der Waals surface area contributed by atoms with Crippen molar-refractivity contribution in [3.05, 3.63) is 97.2 Å². The van der Waals surface area contributed by atoms with Crippen LogP contribution < -0.4 is 5.32 Å². The average molecular weight is 1010 g/mol. The molecule has 1 heterocycles. The lowest BCUT2D eigenvalue weighted by Crippen LogP contribution is -2.60. The van der Waals surface area contributed by atoms with E-state index in [-0.39, 0.29) is 18.9 Å². The summed E-state index contributed by atoms with van der Waals surface area (Å²) in [5, 5.41) is 54.5. The van der Waals surface area contributed by atoms with E-state index in [0.717, 1.165) is 70.6 Å². The summed E-state index contributed by atoms with van der Waals surface area (Å²) < 4.78 is 11.2. The second-order valence-electron chi connectivity index (χ2n) is 20.0. The molecule has 1 aliphatic heterocycles. The summed E-state index contributed by atoms with van der Waals surface area (Å²) in [7, 11) is 0. The number of hydrogen-bond donors (Lipinski definition) is 6. The van der Waals surface area contributed by atoms with E-state index in [1.165, 1.54) is 141 Å². The monoisotopic (exact) mass is 1010 g/mol. The molecule has 414 valence electrons. The van der Waals surface area contributed by atoms with Crippen LogP contribution in [0.15, 0.2) is 97.2 Å². The summed E-state index contributed by atoms with van der Waals surface area (Å²) in [6.07, 6.45) is 67.7. The van der Waals surface area contributed by atoms with Crippen LogP contribution in [0.25, 0.3) is 0 Å². The van der Waals surface area contributed by atoms with Crippen LogP contribution >= 0.6 is 0 Å². The Labute approximate surface area is 441 Å². The van der Waals surface area contributed by atoms with Crippen LogP contribution in [0.4, 0.5) is 0 Å². The average Bonchev–Trinajstić information content (AvgIpc) is 3.38. The summed E-state index contributed by atoms with van der Waals surface area (Å²) in [5.74, 6) is -0.231. The predicted molar refractivity (Wildman–Crippen MR) is 304 cm³/mol. The first-order valence-electron chi connectivity index (χ1n) is 29.5. The molecule has 0 bridgehead atoms. The summed E-state index contributed by atoms with van der Waals surface area (Å²) >= 11 is 0. The molecule has 1 rings (SSSR count). The van der Waals surface area contributed by atoms with E-state index < -0.39 is 49.5 Å². The predicted octanol–water partition coefficient (Wildman–Crippen LogP) is 14.8. The lowest BCUT2D eigenvalue weighted by atomic mass is 9.99. The summed E-state index contributed by atoms with van der Waals surface area (Å²) in [6, 6.07) is -0.853. The van der Waals surface area contributed by atoms with Gasteiger partial charge in [-0.05, 0) is 83.5 Å². The van der Waals surface area contributed by atoms with Gasteiger partial charge in [0.2, 0.25) is 5.91 Å². The van der Waals surface area contributed by atoms with Gasteiger partial charge in [0.05, 0.1) is 25.4 Å². The number of unbranched alkanes of at least 4 members (excludes halogenated alkanes) is 25. The van der Waals surface area contributed by atoms with Crippen LogP contribution in [0.2, 0.25) is 0 Å². The third-order valence-electron chi connectivity index (χ3n) is 13.4. The molecule has 1 amide bonds. The van der Waals surface area contributed by atoms with Crippen LogP contribution in [0.3, 0.4) is 0 Å². The minimum absolute atomic E-state index is 0.224. The standard InChI is InChI=1S/C63H109NO8/c1-3-5-7-9-11-13-15-17-19-21-23-25-26-27-28-29-30-31-33-34-36-38-40-42-44-46-48-50-52-57(66)56(55-71-63-62(70)61(69)60(68)58(54-65)72-63)64-59(67)53-51-49-47-45-43-41-39-37-35-32-24-22-20-18-16-14-12-10-8-6-4-2/h6,8,12,14,18,20,24,32,37,39,42-45,50,52,56-58,60-63,65-66,68-70H,3-5,7,9-11,13,15-17,19,21-23,25-31,33-36,38,40-41,46-49,51,53-55H2,1-2H3,(H,64,67)/b8-6-,14-12-,20-18-,32-24-,39-37-,44-42+,45-43-,52-50+. The van der Waals surface area contributed by atoms with E-state index in [1.54, 1.807) is 6.08 Å². The van der Waals surface area contributed by atoms with Gasteiger partial charge in [0.1, 0.15) is 24.4 Å². The number of allylic oxidation sites excluding steroid dienone is 15. The van der Waals surface area contributed by atoms with Crippen LogP contribution in [0.1, 0.15) is 239 Å². The highest BCUT2D eigenvalue weighted by molar-refractivity contribution is 5.76. The molecule has 9 nitrogen and oxygen atoms in total. The molecule has 0 aromatic rings. The lowest BCUT2D eigenvalue weighted by molar-refractivity contribution is -0.302. The van der Waals surface area contributed by atoms with Crippen molar-refractivity contribution in [2.24, 2.45) is 0 Å². The maximum Gasteiger partial charge on any atom is 0.220 e. The van der Waals surface area contributed by atoms with Gasteiger partial charge < -0.3 is 40.3 Å². The van der Waals surface area contributed by atoms with Crippen molar-refractivity contribution < 1.29 is 39.8 Å². The van der Waals surface area contributed by atoms with Crippen molar-refractivity contribution in [2.75, 3.05) is 13.2 Å². The molecule has 0 radical (unpaired) electrons. The van der Waals surface area contributed by atoms with E-state index >= 15 is 0 Å². The highest BCUT2D eigenvalue weighted by Crippen LogP contribution is 2.23. The number of carbonyl (C=O) groups is 1. The van der Waals surface area contributed by atoms with Crippen LogP contribution in [-0.2, 0) is 14.3 Å². The van der Waals surface area contributed by atoms with Crippen LogP contribution in [0, 0.1) is 0 Å². The normalized spacial score (nSPS) is 19.9. The zero-order valence-corrected chi connectivity index (χ0v) is 45.9. The Balaban J connectivity index is 2.28. The Morgan fingerprint density at radius 3 is 1.33 bits per heavy atom. The molecule has 7 atom stereocenters. The zero-order chi connectivity index (χ0) is 52.2. The smallest absolute Gasteiger partial charge is 0.220 e. The van der Waals surface area contributed by atoms with Gasteiger partial charge in [-0.1, -0.05) is 246 Å². The lowest BCUT2D eigenvalue weighted by Gasteiger charge is -2.40. The van der Waals surface area contributed by atoms with Gasteiger partial charge in [0.15, 0.2) is 6.29 Å². The number of carbonyl (C=O) groups excluding carboxylic acids is 1. The third kappa shape index (κ3) is 40.5. The highest BCUT2D eigenvalue weighted by atomic mass is 16.7. The molecule has 0 aromatic heterocycles. The maximum atomic E-state index is 13.0. The Bertz CT molecular complexity index is 1450. The number of nitrogens with one attached hydrogen (secondary N) is 1. The van der Waals surface area contributed by atoms with E-state index in [9.17, 15) is 30.3 Å². The van der Waals surface area contributed by atoms with Gasteiger partial charge in [-0.3, -0.25) is 4.79 Å². The maximum absolute atomic E-state index is 13.0. The first-order valence-corrected chi connectivity index (χ1v) is 29.5. The molecule has 0 aromatic carbocycles. The van der Waals surface area contributed by atoms with Gasteiger partial charge in [-0.2, -0.15) is 0 Å². The Morgan fingerprint density at radius 2 is 0.875 bits per heavy atom. The number of hydrogen-bond acceptors (Lipinski definition) is 8. The van der Waals surface area contributed by atoms with Gasteiger partial charge in [-0.15, -0.1) is 0 Å². The second kappa shape index (κ2) is 51.6. The fraction of sp³-hybridized carbons (Fsp3) is 0.730. The van der Waals surface area contributed by atoms with Crippen molar-refractivity contribution in [1.29, 1.82) is 0 Å². The molecule has 1 saturated heterocycles. The molecule has 1 fully saturated rings. The van der Waals surface area contributed by atoms with Crippen molar-refractivity contribution in [3.63, 3.8) is 0 Å². The fourth-order valence-electron chi connectivity index (χ4n) is 8.76. The number of aliphatic hydroxyl groups excluding tert-OH is 5. The van der Waals surface area contributed by atoms with E-state index in [1.807, 2.05) is 6.08 Å². The minimum Gasteiger partial charge on any atom is -0.394 e. The van der Waals surface area contributed by atoms with Crippen LogP contribution in [0.5, 0.6) is 0 Å². The fourth-order valence-corrected chi connectivity index (χ4v) is 8.76. The molecule has 9 heteroatoms. The summed E-state index contributed by atoms with van der Waals surface area (Å²) in [6.45, 7) is 3.63. The molecular weight excluding hydrogens is 899 g/mol. The molecule has 6 N–H and O–H groups in total. The molecule has 1 aliphatic rings. The second-order valence-corrected chi connectivity index (χ2v) is 20.0. The van der Waals surface area contributed by atoms with Crippen molar-refractivity contribution in [2.45, 2.75) is 281 Å². The van der Waals surface area contributed by atoms with E-state index in [0.29, 0.717) is 6.42 Å². The topological polar surface area (TPSA) is 149 Å². The number of aliphatic hydroxyl groups is 5. The van der Waals surface area contributed by atoms with Crippen molar-refractivity contribution >= 4 is 5.91 Å². The molecule has 0 spiro atoms. The van der Waals surface area contributed by atoms with Crippen molar-refractivity contribution in [3.8, 4) is 0 Å². The quantitative estimate of drug-likeness (QED) is 0.0261. The van der Waals surface area contributed by atoms with Crippen LogP contribution in [-0.4, -0.2) is 87.5 Å². The molecular formula is C63H109NO8. The summed E-state index contributed by atoms with van der Waals surface area (Å²) in [4.78, 5) is 13.0. The number of rotatable bonds is 49. The van der Waals surface area contributed by atoms with E-state index in [4.69, 9.17) is 9.47 Å². The van der Waals surface area contributed by atoms with Crippen molar-refractivity contribution in [1.82, 2.24) is 5.32 Å². The van der Waals surface area contributed by atoms with Gasteiger partial charge in [0.25, 0.3) is 0 Å². The van der Waals surface area contributed by atoms with Gasteiger partial charge in [-0.25, -0.2) is 0 Å². The largest absolute Gasteiger partial charge is 0.394 e. The first kappa shape index (κ1) is 67.1. The Morgan fingerprint density at radius 1 is 0.486 bits per heavy atom. The minimum atomic E-state index is -1.59. The number of amides is 1. The third-order valence-corrected chi connectivity index (χ3v) is 13.4. The SMILES string of the molecule is CC/C=C\C/C=C\C/C=C\C/C=C\C/C=C\C/C=C\CCCCC(=O)NC(COC1OC(CO)C(O)C(O)C1O)C(O)/C=C/CC/C=C/CCCCCCCCCCCCCCCCCCCCCCCC. The van der Waals surface area contributed by atoms with Gasteiger partial charge in [0, 0.05) is 6.42 Å².